The minimum Gasteiger partial charge on any atom is -0.258 e. The zero-order valence-corrected chi connectivity index (χ0v) is 10.7. The number of pyridine rings is 1. The second-order valence-corrected chi connectivity index (χ2v) is 4.22. The number of rotatable bonds is 2. The number of hydrogen-bond donors (Lipinski definition) is 0. The number of benzene rings is 1. The number of nitrogens with zero attached hydrogens (tertiary/aromatic N) is 2. The van der Waals surface area contributed by atoms with Gasteiger partial charge in [0.25, 0.3) is 0 Å². The summed E-state index contributed by atoms with van der Waals surface area (Å²) >= 11 is 11.5. The Bertz CT molecular complexity index is 619. The fraction of sp³-hybridized carbons (Fsp3) is 0. The van der Waals surface area contributed by atoms with Gasteiger partial charge in [0.15, 0.2) is 11.6 Å². The first-order chi connectivity index (χ1) is 9.00. The number of aliphatic imine (C=N–C) groups is 1. The molecular formula is C12H5Cl2F3N2. The van der Waals surface area contributed by atoms with E-state index in [1.165, 1.54) is 12.1 Å². The molecule has 1 aromatic carbocycles. The average Bonchev–Trinajstić information content (AvgIpc) is 2.34. The lowest BCUT2D eigenvalue weighted by molar-refractivity contribution is 0.577. The third-order valence-corrected chi connectivity index (χ3v) is 2.80. The first-order valence-electron chi connectivity index (χ1n) is 4.98. The van der Waals surface area contributed by atoms with Crippen LogP contribution in [-0.4, -0.2) is 10.2 Å². The first kappa shape index (κ1) is 13.8. The van der Waals surface area contributed by atoms with Gasteiger partial charge in [-0.2, -0.15) is 0 Å². The Labute approximate surface area is 116 Å². The summed E-state index contributed by atoms with van der Waals surface area (Å²) in [5.41, 5.74) is -0.874. The average molecular weight is 305 g/mol. The van der Waals surface area contributed by atoms with E-state index in [4.69, 9.17) is 23.2 Å². The highest BCUT2D eigenvalue weighted by Gasteiger charge is 2.15. The summed E-state index contributed by atoms with van der Waals surface area (Å²) in [7, 11) is 0. The van der Waals surface area contributed by atoms with Crippen molar-refractivity contribution in [2.24, 2.45) is 4.99 Å². The molecule has 98 valence electrons. The Hall–Kier alpha value is -1.59. The quantitative estimate of drug-likeness (QED) is 0.752. The van der Waals surface area contributed by atoms with Crippen molar-refractivity contribution in [1.82, 2.24) is 4.98 Å². The molecule has 1 heterocycles. The van der Waals surface area contributed by atoms with Crippen molar-refractivity contribution in [3.8, 4) is 0 Å². The van der Waals surface area contributed by atoms with E-state index in [9.17, 15) is 13.2 Å². The van der Waals surface area contributed by atoms with E-state index in [1.54, 1.807) is 0 Å². The molecule has 2 rings (SSSR count). The molecule has 1 aromatic heterocycles. The Morgan fingerprint density at radius 2 is 1.68 bits per heavy atom. The van der Waals surface area contributed by atoms with Crippen molar-refractivity contribution in [3.63, 3.8) is 0 Å². The first-order valence-corrected chi connectivity index (χ1v) is 5.74. The smallest absolute Gasteiger partial charge is 0.170 e. The molecule has 0 aliphatic carbocycles. The minimum atomic E-state index is -1.01. The summed E-state index contributed by atoms with van der Waals surface area (Å²) in [4.78, 5) is 6.81. The van der Waals surface area contributed by atoms with Gasteiger partial charge in [0, 0.05) is 0 Å². The Balaban J connectivity index is 2.55. The van der Waals surface area contributed by atoms with Crippen LogP contribution in [-0.2, 0) is 0 Å². The van der Waals surface area contributed by atoms with Crippen LogP contribution in [0, 0.1) is 17.5 Å². The van der Waals surface area contributed by atoms with E-state index in [0.717, 1.165) is 18.5 Å². The van der Waals surface area contributed by atoms with E-state index in [-0.39, 0.29) is 10.6 Å². The standard InChI is InChI=1S/C12H5Cl2F3N2/c13-6-2-1-3-7(15)10(6)12(14)19-11-8(16)4-18-5-9(11)17/h1-5H/b19-12-. The minimum absolute atomic E-state index is 0.0105. The van der Waals surface area contributed by atoms with Crippen LogP contribution in [0.3, 0.4) is 0 Å². The summed E-state index contributed by atoms with van der Waals surface area (Å²) < 4.78 is 40.2. The maximum absolute atomic E-state index is 13.6. The van der Waals surface area contributed by atoms with Crippen molar-refractivity contribution in [2.75, 3.05) is 0 Å². The zero-order valence-electron chi connectivity index (χ0n) is 9.17. The molecule has 0 unspecified atom stereocenters. The molecule has 2 aromatic rings. The van der Waals surface area contributed by atoms with Gasteiger partial charge in [-0.15, -0.1) is 0 Å². The van der Waals surface area contributed by atoms with Crippen molar-refractivity contribution < 1.29 is 13.2 Å². The van der Waals surface area contributed by atoms with Crippen molar-refractivity contribution in [1.29, 1.82) is 0 Å². The fourth-order valence-electron chi connectivity index (χ4n) is 1.36. The fourth-order valence-corrected chi connectivity index (χ4v) is 1.94. The Morgan fingerprint density at radius 1 is 1.05 bits per heavy atom. The summed E-state index contributed by atoms with van der Waals surface area (Å²) in [6, 6.07) is 3.87. The predicted molar refractivity (Wildman–Crippen MR) is 67.6 cm³/mol. The van der Waals surface area contributed by atoms with E-state index in [1.807, 2.05) is 0 Å². The second kappa shape index (κ2) is 5.59. The largest absolute Gasteiger partial charge is 0.258 e. The lowest BCUT2D eigenvalue weighted by Crippen LogP contribution is -1.98. The van der Waals surface area contributed by atoms with Gasteiger partial charge in [-0.25, -0.2) is 18.2 Å². The van der Waals surface area contributed by atoms with Crippen LogP contribution in [0.4, 0.5) is 18.9 Å². The van der Waals surface area contributed by atoms with Crippen molar-refractivity contribution in [3.05, 3.63) is 58.6 Å². The lowest BCUT2D eigenvalue weighted by Gasteiger charge is -2.04. The van der Waals surface area contributed by atoms with Gasteiger partial charge >= 0.3 is 0 Å². The maximum atomic E-state index is 13.6. The summed E-state index contributed by atoms with van der Waals surface area (Å²) in [6.07, 6.45) is 1.55. The number of aromatic nitrogens is 1. The predicted octanol–water partition coefficient (Wildman–Crippen LogP) is 4.47. The van der Waals surface area contributed by atoms with Gasteiger partial charge < -0.3 is 0 Å². The van der Waals surface area contributed by atoms with E-state index in [2.05, 4.69) is 9.98 Å². The monoisotopic (exact) mass is 304 g/mol. The molecule has 0 aliphatic rings. The Morgan fingerprint density at radius 3 is 2.26 bits per heavy atom. The molecule has 0 saturated carbocycles. The third kappa shape index (κ3) is 2.88. The molecule has 0 amide bonds. The summed E-state index contributed by atoms with van der Waals surface area (Å²) in [5, 5.41) is -0.462. The Kier molecular flexibility index (Phi) is 4.07. The van der Waals surface area contributed by atoms with E-state index >= 15 is 0 Å². The molecule has 0 bridgehead atoms. The van der Waals surface area contributed by atoms with Gasteiger partial charge in [-0.3, -0.25) is 4.98 Å². The highest BCUT2D eigenvalue weighted by molar-refractivity contribution is 6.70. The van der Waals surface area contributed by atoms with Crippen LogP contribution < -0.4 is 0 Å². The van der Waals surface area contributed by atoms with Gasteiger partial charge in [-0.05, 0) is 12.1 Å². The molecule has 0 aliphatic heterocycles. The molecule has 0 N–H and O–H groups in total. The molecule has 0 fully saturated rings. The van der Waals surface area contributed by atoms with Crippen LogP contribution in [0.5, 0.6) is 0 Å². The molecule has 0 spiro atoms. The van der Waals surface area contributed by atoms with Gasteiger partial charge in [0.05, 0.1) is 23.0 Å². The molecule has 0 radical (unpaired) electrons. The second-order valence-electron chi connectivity index (χ2n) is 3.45. The van der Waals surface area contributed by atoms with Gasteiger partial charge in [0.1, 0.15) is 16.7 Å². The molecule has 7 heteroatoms. The number of halogens is 5. The van der Waals surface area contributed by atoms with Gasteiger partial charge in [0.2, 0.25) is 0 Å². The van der Waals surface area contributed by atoms with Crippen LogP contribution in [0.15, 0.2) is 35.6 Å². The molecule has 2 nitrogen and oxygen atoms in total. The highest BCUT2D eigenvalue weighted by Crippen LogP contribution is 2.26. The maximum Gasteiger partial charge on any atom is 0.170 e. The number of hydrogen-bond acceptors (Lipinski definition) is 2. The topological polar surface area (TPSA) is 25.2 Å². The van der Waals surface area contributed by atoms with Crippen LogP contribution in [0.2, 0.25) is 5.02 Å². The summed E-state index contributed by atoms with van der Waals surface area (Å²) in [5.74, 6) is -2.76. The molecule has 0 atom stereocenters. The van der Waals surface area contributed by atoms with Crippen LogP contribution in [0.1, 0.15) is 5.56 Å². The SMILES string of the molecule is Fc1cncc(F)c1/N=C(\Cl)c1c(F)cccc1Cl. The molecule has 19 heavy (non-hydrogen) atoms. The van der Waals surface area contributed by atoms with Crippen molar-refractivity contribution >= 4 is 34.1 Å². The lowest BCUT2D eigenvalue weighted by atomic mass is 10.2. The van der Waals surface area contributed by atoms with Gasteiger partial charge in [-0.1, -0.05) is 29.3 Å². The third-order valence-electron chi connectivity index (χ3n) is 2.21. The van der Waals surface area contributed by atoms with Crippen molar-refractivity contribution in [2.45, 2.75) is 0 Å². The molecular weight excluding hydrogens is 300 g/mol. The van der Waals surface area contributed by atoms with Crippen LogP contribution in [0.25, 0.3) is 0 Å². The normalized spacial score (nSPS) is 11.7. The van der Waals surface area contributed by atoms with Crippen LogP contribution >= 0.6 is 23.2 Å². The zero-order chi connectivity index (χ0) is 14.0. The molecule has 0 saturated heterocycles. The summed E-state index contributed by atoms with van der Waals surface area (Å²) in [6.45, 7) is 0. The highest BCUT2D eigenvalue weighted by atomic mass is 35.5. The van der Waals surface area contributed by atoms with E-state index < -0.39 is 28.3 Å². The van der Waals surface area contributed by atoms with E-state index in [0.29, 0.717) is 0 Å².